The van der Waals surface area contributed by atoms with E-state index >= 15 is 0 Å². The van der Waals surface area contributed by atoms with Crippen LogP contribution in [-0.4, -0.2) is 45.1 Å². The summed E-state index contributed by atoms with van der Waals surface area (Å²) in [7, 11) is 1.25. The molecule has 0 unspecified atom stereocenters. The Labute approximate surface area is 115 Å². The first-order valence-electron chi connectivity index (χ1n) is 5.42. The number of nitrogens with zero attached hydrogens (tertiary/aromatic N) is 3. The number of carboxylic acid groups (broad SMARTS) is 1. The van der Waals surface area contributed by atoms with Gasteiger partial charge in [0.2, 0.25) is 11.6 Å². The number of nitrogens with one attached hydrogen (secondary N) is 2. The van der Waals surface area contributed by atoms with Gasteiger partial charge in [-0.25, -0.2) is 14.3 Å². The second-order valence-electron chi connectivity index (χ2n) is 3.69. The summed E-state index contributed by atoms with van der Waals surface area (Å²) in [6.45, 7) is -0.585. The number of amides is 3. The highest BCUT2D eigenvalue weighted by Crippen LogP contribution is 2.31. The van der Waals surface area contributed by atoms with Gasteiger partial charge in [0.25, 0.3) is 0 Å². The third-order valence-corrected chi connectivity index (χ3v) is 2.24. The molecular weight excluding hydrogens is 299 g/mol. The number of hydrogen-bond acceptors (Lipinski definition) is 5. The number of aromatic nitrogens is 3. The van der Waals surface area contributed by atoms with Crippen LogP contribution in [0.3, 0.4) is 0 Å². The number of halogens is 3. The van der Waals surface area contributed by atoms with Gasteiger partial charge in [0.15, 0.2) is 5.69 Å². The Morgan fingerprint density at radius 1 is 1.33 bits per heavy atom. The Balaban J connectivity index is 2.87. The summed E-state index contributed by atoms with van der Waals surface area (Å²) in [5, 5.41) is 18.5. The highest BCUT2D eigenvalue weighted by Gasteiger charge is 2.41. The predicted octanol–water partition coefficient (Wildman–Crippen LogP) is -0.159. The van der Waals surface area contributed by atoms with Crippen LogP contribution in [0.25, 0.3) is 0 Å². The molecule has 9 nitrogen and oxygen atoms in total. The average Bonchev–Trinajstić information content (AvgIpc) is 2.80. The topological polar surface area (TPSA) is 126 Å². The first-order chi connectivity index (χ1) is 9.66. The number of hydrogen-bond donors (Lipinski definition) is 3. The number of carboxylic acids is 1. The summed E-state index contributed by atoms with van der Waals surface area (Å²) in [5.41, 5.74) is -2.82. The molecule has 1 aromatic heterocycles. The summed E-state index contributed by atoms with van der Waals surface area (Å²) < 4.78 is 38.5. The van der Waals surface area contributed by atoms with Crippen LogP contribution >= 0.6 is 0 Å². The molecular formula is C9H10F3N5O4. The van der Waals surface area contributed by atoms with Gasteiger partial charge in [0.1, 0.15) is 0 Å². The van der Waals surface area contributed by atoms with Gasteiger partial charge >= 0.3 is 18.2 Å². The third kappa shape index (κ3) is 4.15. The molecule has 0 spiro atoms. The number of rotatable bonds is 4. The summed E-state index contributed by atoms with van der Waals surface area (Å²) in [4.78, 5) is 32.7. The Hall–Kier alpha value is -2.66. The van der Waals surface area contributed by atoms with Crippen molar-refractivity contribution in [1.82, 2.24) is 25.6 Å². The molecule has 0 atom stereocenters. The van der Waals surface area contributed by atoms with Crippen molar-refractivity contribution in [2.75, 3.05) is 7.05 Å². The van der Waals surface area contributed by atoms with Crippen LogP contribution < -0.4 is 10.6 Å². The Morgan fingerprint density at radius 3 is 2.43 bits per heavy atom. The second kappa shape index (κ2) is 6.19. The van der Waals surface area contributed by atoms with Gasteiger partial charge in [-0.05, 0) is 0 Å². The predicted molar refractivity (Wildman–Crippen MR) is 59.2 cm³/mol. The lowest BCUT2D eigenvalue weighted by atomic mass is 10.3. The molecule has 12 heteroatoms. The highest BCUT2D eigenvalue weighted by atomic mass is 19.4. The standard InChI is InChI=1S/C9H10F3N5O4/c1-13-8(21)14-4(18)2-3-17-6(9(10,11)12)5(7(19)20)15-16-17/h2-3H2,1H3,(H,19,20)(H2,13,14,18,21). The van der Waals surface area contributed by atoms with Crippen LogP contribution in [0.2, 0.25) is 0 Å². The van der Waals surface area contributed by atoms with Crippen LogP contribution in [0.1, 0.15) is 22.6 Å². The maximum Gasteiger partial charge on any atom is 0.435 e. The molecule has 0 bridgehead atoms. The molecule has 1 heterocycles. The van der Waals surface area contributed by atoms with Gasteiger partial charge in [-0.1, -0.05) is 5.21 Å². The van der Waals surface area contributed by atoms with E-state index in [-0.39, 0.29) is 4.68 Å². The number of imide groups is 1. The van der Waals surface area contributed by atoms with Gasteiger partial charge < -0.3 is 10.4 Å². The van der Waals surface area contributed by atoms with E-state index in [2.05, 4.69) is 15.6 Å². The smallest absolute Gasteiger partial charge is 0.435 e. The molecule has 0 radical (unpaired) electrons. The molecule has 0 aromatic carbocycles. The van der Waals surface area contributed by atoms with Crippen molar-refractivity contribution in [3.8, 4) is 0 Å². The minimum atomic E-state index is -4.99. The Morgan fingerprint density at radius 2 is 1.95 bits per heavy atom. The maximum absolute atomic E-state index is 12.8. The average molecular weight is 309 g/mol. The van der Waals surface area contributed by atoms with E-state index < -0.39 is 48.4 Å². The molecule has 0 aliphatic heterocycles. The maximum atomic E-state index is 12.8. The van der Waals surface area contributed by atoms with E-state index in [1.165, 1.54) is 7.05 Å². The fourth-order valence-electron chi connectivity index (χ4n) is 1.35. The first kappa shape index (κ1) is 16.4. The number of aryl methyl sites for hydroxylation is 1. The highest BCUT2D eigenvalue weighted by molar-refractivity contribution is 5.94. The van der Waals surface area contributed by atoms with Crippen molar-refractivity contribution in [1.29, 1.82) is 0 Å². The van der Waals surface area contributed by atoms with Crippen molar-refractivity contribution < 1.29 is 32.7 Å². The first-order valence-corrected chi connectivity index (χ1v) is 5.42. The van der Waals surface area contributed by atoms with Crippen molar-refractivity contribution in [2.45, 2.75) is 19.1 Å². The number of urea groups is 1. The van der Waals surface area contributed by atoms with E-state index in [0.29, 0.717) is 0 Å². The van der Waals surface area contributed by atoms with Crippen LogP contribution in [0.15, 0.2) is 0 Å². The van der Waals surface area contributed by atoms with Gasteiger partial charge in [0, 0.05) is 13.5 Å². The molecule has 116 valence electrons. The summed E-state index contributed by atoms with van der Waals surface area (Å²) in [6, 6.07) is -0.819. The lowest BCUT2D eigenvalue weighted by Gasteiger charge is -2.09. The number of carbonyl (C=O) groups is 3. The van der Waals surface area contributed by atoms with Gasteiger partial charge in [-0.15, -0.1) is 5.10 Å². The van der Waals surface area contributed by atoms with Crippen LogP contribution in [0.5, 0.6) is 0 Å². The number of carbonyl (C=O) groups excluding carboxylic acids is 2. The molecule has 3 N–H and O–H groups in total. The lowest BCUT2D eigenvalue weighted by molar-refractivity contribution is -0.145. The molecule has 0 aliphatic carbocycles. The molecule has 3 amide bonds. The third-order valence-electron chi connectivity index (χ3n) is 2.24. The Bertz CT molecular complexity index is 568. The molecule has 0 fully saturated rings. The molecule has 0 saturated carbocycles. The monoisotopic (exact) mass is 309 g/mol. The van der Waals surface area contributed by atoms with E-state index in [1.54, 1.807) is 0 Å². The van der Waals surface area contributed by atoms with E-state index in [9.17, 15) is 27.6 Å². The molecule has 1 rings (SSSR count). The minimum Gasteiger partial charge on any atom is -0.476 e. The van der Waals surface area contributed by atoms with Gasteiger partial charge in [-0.3, -0.25) is 10.1 Å². The van der Waals surface area contributed by atoms with E-state index in [0.717, 1.165) is 0 Å². The molecule has 0 saturated heterocycles. The van der Waals surface area contributed by atoms with Crippen molar-refractivity contribution in [2.24, 2.45) is 0 Å². The quantitative estimate of drug-likeness (QED) is 0.709. The van der Waals surface area contributed by atoms with Crippen LogP contribution in [0, 0.1) is 0 Å². The van der Waals surface area contributed by atoms with E-state index in [4.69, 9.17) is 5.11 Å². The minimum absolute atomic E-state index is 0.257. The van der Waals surface area contributed by atoms with Gasteiger partial charge in [0.05, 0.1) is 6.54 Å². The lowest BCUT2D eigenvalue weighted by Crippen LogP contribution is -2.37. The molecule has 1 aromatic rings. The van der Waals surface area contributed by atoms with E-state index in [1.807, 2.05) is 5.32 Å². The fourth-order valence-corrected chi connectivity index (χ4v) is 1.35. The van der Waals surface area contributed by atoms with Crippen molar-refractivity contribution in [3.63, 3.8) is 0 Å². The van der Waals surface area contributed by atoms with Gasteiger partial charge in [-0.2, -0.15) is 13.2 Å². The summed E-state index contributed by atoms with van der Waals surface area (Å²) in [6.07, 6.45) is -5.51. The summed E-state index contributed by atoms with van der Waals surface area (Å²) >= 11 is 0. The number of alkyl halides is 3. The largest absolute Gasteiger partial charge is 0.476 e. The zero-order chi connectivity index (χ0) is 16.2. The second-order valence-corrected chi connectivity index (χ2v) is 3.69. The zero-order valence-electron chi connectivity index (χ0n) is 10.6. The normalized spacial score (nSPS) is 11.0. The molecule has 21 heavy (non-hydrogen) atoms. The number of aromatic carboxylic acids is 1. The Kier molecular flexibility index (Phi) is 4.84. The zero-order valence-corrected chi connectivity index (χ0v) is 10.6. The summed E-state index contributed by atoms with van der Waals surface area (Å²) in [5.74, 6) is -2.74. The van der Waals surface area contributed by atoms with Crippen molar-refractivity contribution in [3.05, 3.63) is 11.4 Å². The molecule has 0 aliphatic rings. The van der Waals surface area contributed by atoms with Crippen molar-refractivity contribution >= 4 is 17.9 Å². The van der Waals surface area contributed by atoms with Crippen LogP contribution in [-0.2, 0) is 17.5 Å². The fraction of sp³-hybridized carbons (Fsp3) is 0.444. The van der Waals surface area contributed by atoms with Crippen LogP contribution in [0.4, 0.5) is 18.0 Å². The SMILES string of the molecule is CNC(=O)NC(=O)CCn1nnc(C(=O)O)c1C(F)(F)F.